The minimum Gasteiger partial charge on any atom is -0.376 e. The number of aryl methyl sites for hydroxylation is 1. The van der Waals surface area contributed by atoms with Crippen LogP contribution in [0.15, 0.2) is 24.0 Å². The van der Waals surface area contributed by atoms with Crippen molar-refractivity contribution in [2.75, 3.05) is 26.2 Å². The van der Waals surface area contributed by atoms with Crippen molar-refractivity contribution >= 4 is 17.2 Å². The smallest absolute Gasteiger partial charge is 0.271 e. The number of nitrogens with zero attached hydrogens (tertiary/aromatic N) is 4. The van der Waals surface area contributed by atoms with Crippen LogP contribution in [0.25, 0.3) is 0 Å². The third-order valence-corrected chi connectivity index (χ3v) is 5.71. The molecule has 2 aliphatic heterocycles. The zero-order chi connectivity index (χ0) is 17.2. The van der Waals surface area contributed by atoms with Crippen molar-refractivity contribution in [2.45, 2.75) is 19.6 Å². The first-order valence-corrected chi connectivity index (χ1v) is 9.36. The Hall–Kier alpha value is -1.90. The fourth-order valence-corrected chi connectivity index (χ4v) is 4.26. The SMILES string of the molecule is Cc1nc(CN2C[C@@H]3[C@H](CNC(=O)c4cnccn4)CO[C@@H]3C2)cs1. The Bertz CT molecular complexity index is 738. The highest BCUT2D eigenvalue weighted by Crippen LogP contribution is 2.34. The quantitative estimate of drug-likeness (QED) is 0.862. The standard InChI is InChI=1S/C17H21N5O2S/c1-11-21-13(10-25-11)6-22-7-14-12(9-24-16(14)8-22)4-20-17(23)15-5-18-2-3-19-15/h2-3,5,10,12,14,16H,4,6-9H2,1H3,(H,20,23)/t12-,14-,16-/m1/s1. The average Bonchev–Trinajstić information content (AvgIpc) is 3.30. The molecule has 2 aliphatic rings. The molecule has 2 aromatic rings. The summed E-state index contributed by atoms with van der Waals surface area (Å²) in [5.74, 6) is 0.624. The van der Waals surface area contributed by atoms with Gasteiger partial charge in [-0.05, 0) is 6.92 Å². The minimum absolute atomic E-state index is 0.177. The van der Waals surface area contributed by atoms with Gasteiger partial charge in [-0.2, -0.15) is 0 Å². The van der Waals surface area contributed by atoms with E-state index in [-0.39, 0.29) is 12.0 Å². The van der Waals surface area contributed by atoms with Crippen molar-refractivity contribution in [3.05, 3.63) is 40.4 Å². The number of hydrogen-bond acceptors (Lipinski definition) is 7. The summed E-state index contributed by atoms with van der Waals surface area (Å²) in [5.41, 5.74) is 1.49. The Morgan fingerprint density at radius 1 is 1.44 bits per heavy atom. The normalized spacial score (nSPS) is 25.9. The monoisotopic (exact) mass is 359 g/mol. The first-order valence-electron chi connectivity index (χ1n) is 8.48. The van der Waals surface area contributed by atoms with Gasteiger partial charge in [0.05, 0.1) is 29.6 Å². The molecular weight excluding hydrogens is 338 g/mol. The molecule has 2 fully saturated rings. The number of carbonyl (C=O) groups is 1. The van der Waals surface area contributed by atoms with Gasteiger partial charge in [0, 0.05) is 55.8 Å². The lowest BCUT2D eigenvalue weighted by Gasteiger charge is -2.19. The van der Waals surface area contributed by atoms with E-state index in [0.29, 0.717) is 30.7 Å². The Morgan fingerprint density at radius 3 is 3.12 bits per heavy atom. The lowest BCUT2D eigenvalue weighted by atomic mass is 9.93. The Morgan fingerprint density at radius 2 is 2.36 bits per heavy atom. The molecule has 0 aliphatic carbocycles. The Kier molecular flexibility index (Phi) is 4.74. The summed E-state index contributed by atoms with van der Waals surface area (Å²) >= 11 is 1.69. The van der Waals surface area contributed by atoms with Crippen molar-refractivity contribution in [1.82, 2.24) is 25.2 Å². The van der Waals surface area contributed by atoms with Gasteiger partial charge in [0.2, 0.25) is 0 Å². The molecule has 0 bridgehead atoms. The minimum atomic E-state index is -0.177. The Labute approximate surface area is 150 Å². The summed E-state index contributed by atoms with van der Waals surface area (Å²) in [4.78, 5) is 27.0. The van der Waals surface area contributed by atoms with E-state index in [9.17, 15) is 4.79 Å². The second-order valence-corrected chi connectivity index (χ2v) is 7.71. The zero-order valence-electron chi connectivity index (χ0n) is 14.1. The van der Waals surface area contributed by atoms with Crippen LogP contribution in [-0.4, -0.2) is 58.1 Å². The molecule has 4 heterocycles. The van der Waals surface area contributed by atoms with Gasteiger partial charge in [0.25, 0.3) is 5.91 Å². The van der Waals surface area contributed by atoms with E-state index < -0.39 is 0 Å². The predicted molar refractivity (Wildman–Crippen MR) is 93.2 cm³/mol. The number of fused-ring (bicyclic) bond motifs is 1. The number of ether oxygens (including phenoxy) is 1. The molecule has 25 heavy (non-hydrogen) atoms. The molecule has 0 unspecified atom stereocenters. The number of nitrogens with one attached hydrogen (secondary N) is 1. The third kappa shape index (κ3) is 3.70. The highest BCUT2D eigenvalue weighted by Gasteiger charge is 2.43. The van der Waals surface area contributed by atoms with E-state index >= 15 is 0 Å². The second kappa shape index (κ2) is 7.15. The van der Waals surface area contributed by atoms with Gasteiger partial charge in [-0.3, -0.25) is 14.7 Å². The molecule has 8 heteroatoms. The molecule has 4 rings (SSSR count). The summed E-state index contributed by atoms with van der Waals surface area (Å²) in [6, 6.07) is 0. The van der Waals surface area contributed by atoms with E-state index in [2.05, 4.69) is 30.5 Å². The summed E-state index contributed by atoms with van der Waals surface area (Å²) in [6.45, 7) is 6.16. The zero-order valence-corrected chi connectivity index (χ0v) is 14.9. The van der Waals surface area contributed by atoms with Crippen LogP contribution in [-0.2, 0) is 11.3 Å². The second-order valence-electron chi connectivity index (χ2n) is 6.65. The molecule has 1 amide bonds. The van der Waals surface area contributed by atoms with E-state index in [1.807, 2.05) is 6.92 Å². The van der Waals surface area contributed by atoms with E-state index in [1.165, 1.54) is 12.4 Å². The maximum atomic E-state index is 12.1. The van der Waals surface area contributed by atoms with Gasteiger partial charge < -0.3 is 10.1 Å². The number of likely N-dealkylation sites (tertiary alicyclic amines) is 1. The number of thiazole rings is 1. The maximum absolute atomic E-state index is 12.1. The van der Waals surface area contributed by atoms with Gasteiger partial charge >= 0.3 is 0 Å². The highest BCUT2D eigenvalue weighted by atomic mass is 32.1. The van der Waals surface area contributed by atoms with Crippen LogP contribution in [0.3, 0.4) is 0 Å². The van der Waals surface area contributed by atoms with Crippen molar-refractivity contribution in [1.29, 1.82) is 0 Å². The van der Waals surface area contributed by atoms with Gasteiger partial charge in [0.15, 0.2) is 0 Å². The number of aromatic nitrogens is 3. The van der Waals surface area contributed by atoms with Crippen LogP contribution < -0.4 is 5.32 Å². The van der Waals surface area contributed by atoms with Crippen LogP contribution in [0.2, 0.25) is 0 Å². The molecule has 7 nitrogen and oxygen atoms in total. The van der Waals surface area contributed by atoms with Crippen LogP contribution in [0.4, 0.5) is 0 Å². The Balaban J connectivity index is 1.30. The fourth-order valence-electron chi connectivity index (χ4n) is 3.66. The molecule has 0 aromatic carbocycles. The maximum Gasteiger partial charge on any atom is 0.271 e. The fraction of sp³-hybridized carbons (Fsp3) is 0.529. The van der Waals surface area contributed by atoms with Crippen LogP contribution >= 0.6 is 11.3 Å². The summed E-state index contributed by atoms with van der Waals surface area (Å²) in [5, 5.41) is 6.21. The molecule has 0 radical (unpaired) electrons. The third-order valence-electron chi connectivity index (χ3n) is 4.89. The van der Waals surface area contributed by atoms with Gasteiger partial charge in [-0.1, -0.05) is 0 Å². The molecule has 0 spiro atoms. The van der Waals surface area contributed by atoms with Gasteiger partial charge in [0.1, 0.15) is 5.69 Å². The lowest BCUT2D eigenvalue weighted by Crippen LogP contribution is -2.34. The first-order chi connectivity index (χ1) is 12.2. The van der Waals surface area contributed by atoms with Crippen molar-refractivity contribution in [3.8, 4) is 0 Å². The van der Waals surface area contributed by atoms with Gasteiger partial charge in [-0.15, -0.1) is 11.3 Å². The number of carbonyl (C=O) groups excluding carboxylic acids is 1. The van der Waals surface area contributed by atoms with Crippen molar-refractivity contribution < 1.29 is 9.53 Å². The summed E-state index contributed by atoms with van der Waals surface area (Å²) in [7, 11) is 0. The molecule has 2 saturated heterocycles. The van der Waals surface area contributed by atoms with Crippen LogP contribution in [0.5, 0.6) is 0 Å². The van der Waals surface area contributed by atoms with E-state index in [0.717, 1.165) is 30.3 Å². The van der Waals surface area contributed by atoms with Crippen molar-refractivity contribution in [2.24, 2.45) is 11.8 Å². The van der Waals surface area contributed by atoms with E-state index in [4.69, 9.17) is 4.74 Å². The van der Waals surface area contributed by atoms with Crippen molar-refractivity contribution in [3.63, 3.8) is 0 Å². The lowest BCUT2D eigenvalue weighted by molar-refractivity contribution is 0.0900. The molecule has 0 saturated carbocycles. The topological polar surface area (TPSA) is 80.2 Å². The summed E-state index contributed by atoms with van der Waals surface area (Å²) < 4.78 is 5.96. The molecular formula is C17H21N5O2S. The average molecular weight is 359 g/mol. The number of amides is 1. The first kappa shape index (κ1) is 16.6. The molecule has 132 valence electrons. The van der Waals surface area contributed by atoms with Crippen LogP contribution in [0.1, 0.15) is 21.2 Å². The van der Waals surface area contributed by atoms with Crippen LogP contribution in [0, 0.1) is 18.8 Å². The highest BCUT2D eigenvalue weighted by molar-refractivity contribution is 7.09. The van der Waals surface area contributed by atoms with E-state index in [1.54, 1.807) is 17.5 Å². The number of rotatable bonds is 5. The van der Waals surface area contributed by atoms with Gasteiger partial charge in [-0.25, -0.2) is 9.97 Å². The molecule has 2 aromatic heterocycles. The number of hydrogen-bond donors (Lipinski definition) is 1. The largest absolute Gasteiger partial charge is 0.376 e. The predicted octanol–water partition coefficient (Wildman–Crippen LogP) is 1.12. The summed E-state index contributed by atoms with van der Waals surface area (Å²) in [6.07, 6.45) is 4.83. The molecule has 3 atom stereocenters. The molecule has 1 N–H and O–H groups in total.